The van der Waals surface area contributed by atoms with E-state index in [0.29, 0.717) is 19.2 Å². The molecule has 0 fully saturated rings. The van der Waals surface area contributed by atoms with Crippen LogP contribution in [0.2, 0.25) is 0 Å². The first-order valence-electron chi connectivity index (χ1n) is 9.35. The average Bonchev–Trinajstić information content (AvgIpc) is 2.64. The molecule has 0 aliphatic carbocycles. The summed E-state index contributed by atoms with van der Waals surface area (Å²) in [6.07, 6.45) is 3.19. The van der Waals surface area contributed by atoms with Crippen LogP contribution in [0.15, 0.2) is 42.5 Å². The third kappa shape index (κ3) is 19.0. The zero-order valence-electron chi connectivity index (χ0n) is 18.0. The first-order valence-corrected chi connectivity index (χ1v) is 28.2. The van der Waals surface area contributed by atoms with Crippen molar-refractivity contribution >= 4 is 80.7 Å². The van der Waals surface area contributed by atoms with Crippen LogP contribution in [0.1, 0.15) is 60.3 Å². The molecule has 0 amide bonds. The van der Waals surface area contributed by atoms with E-state index < -0.39 is 0 Å². The maximum atomic E-state index is 10.6. The van der Waals surface area contributed by atoms with Crippen molar-refractivity contribution in [1.29, 1.82) is 0 Å². The van der Waals surface area contributed by atoms with Gasteiger partial charge in [-0.05, 0) is 55.2 Å². The fraction of sp³-hybridized carbons (Fsp3) is 0.435. The van der Waals surface area contributed by atoms with Crippen LogP contribution in [0, 0.1) is 25.7 Å². The topological polar surface area (TPSA) is 17.1 Å². The van der Waals surface area contributed by atoms with E-state index in [-0.39, 0.29) is 0 Å². The number of hydrogen-bond donors (Lipinski definition) is 0. The molecule has 0 spiro atoms. The second-order valence-corrected chi connectivity index (χ2v) is 23.8. The number of hydrogen-bond acceptors (Lipinski definition) is 1. The Balaban J connectivity index is 0. The zero-order valence-corrected chi connectivity index (χ0v) is 28.8. The molecule has 2 aromatic carbocycles. The molecule has 6 heteroatoms. The number of aldehydes is 1. The van der Waals surface area contributed by atoms with Crippen molar-refractivity contribution in [2.45, 2.75) is 54.4 Å². The second kappa shape index (κ2) is 21.6. The Labute approximate surface area is 231 Å². The van der Waals surface area contributed by atoms with Gasteiger partial charge in [0.15, 0.2) is 0 Å². The van der Waals surface area contributed by atoms with E-state index in [4.69, 9.17) is 0 Å². The molecule has 1 nitrogen and oxygen atoms in total. The Bertz CT molecular complexity index is 672. The van der Waals surface area contributed by atoms with Crippen molar-refractivity contribution in [2.75, 3.05) is 0 Å². The molecule has 0 aliphatic rings. The van der Waals surface area contributed by atoms with Gasteiger partial charge in [-0.1, -0.05) is 75.7 Å². The number of halogens is 5. The van der Waals surface area contributed by atoms with Crippen LogP contribution >= 0.6 is 74.5 Å². The van der Waals surface area contributed by atoms with E-state index in [1.54, 1.807) is 0 Å². The molecule has 0 N–H and O–H groups in total. The Kier molecular flexibility index (Phi) is 24.5. The number of carbonyl (C=O) groups is 1. The molecule has 0 saturated carbocycles. The van der Waals surface area contributed by atoms with Gasteiger partial charge in [-0.2, -0.15) is 0 Å². The van der Waals surface area contributed by atoms with Gasteiger partial charge in [-0.15, -0.1) is 0 Å². The summed E-state index contributed by atoms with van der Waals surface area (Å²) in [5, 5.41) is 0. The maximum absolute atomic E-state index is 10.6. The van der Waals surface area contributed by atoms with E-state index in [1.165, 1.54) is 23.1 Å². The summed E-state index contributed by atoms with van der Waals surface area (Å²) in [6.45, 7) is 13.0. The summed E-state index contributed by atoms with van der Waals surface area (Å²) in [6, 6.07) is 14.8. The van der Waals surface area contributed by atoms with Crippen LogP contribution in [0.3, 0.4) is 0 Å². The molecule has 29 heavy (non-hydrogen) atoms. The van der Waals surface area contributed by atoms with Gasteiger partial charge in [0, 0.05) is 42.8 Å². The van der Waals surface area contributed by atoms with Crippen molar-refractivity contribution in [3.8, 4) is 0 Å². The molecule has 0 aliphatic heterocycles. The van der Waals surface area contributed by atoms with Gasteiger partial charge in [0.25, 0.3) is 0 Å². The molecule has 0 saturated heterocycles. The molecule has 0 atom stereocenters. The molecular formula is C23H32I5O-. The number of carbonyl (C=O) groups excluding carboxylic acids is 1. The normalized spacial score (nSPS) is 9.66. The molecule has 0 unspecified atom stereocenters. The fourth-order valence-corrected chi connectivity index (χ4v) is 2.78. The molecular weight excluding hydrogens is 927 g/mol. The minimum absolute atomic E-state index is 0.530. The first kappa shape index (κ1) is 32.9. The molecule has 0 radical (unpaired) electrons. The summed E-state index contributed by atoms with van der Waals surface area (Å²) < 4.78 is 0. The first-order chi connectivity index (χ1) is 13.7. The number of benzene rings is 2. The van der Waals surface area contributed by atoms with E-state index >= 15 is 0 Å². The van der Waals surface area contributed by atoms with Crippen LogP contribution in [0.5, 0.6) is 0 Å². The molecule has 166 valence electrons. The molecule has 0 aromatic heterocycles. The van der Waals surface area contributed by atoms with Gasteiger partial charge >= 0.3 is 50.5 Å². The number of rotatable bonds is 5. The Morgan fingerprint density at radius 1 is 0.862 bits per heavy atom. The van der Waals surface area contributed by atoms with Crippen molar-refractivity contribution in [2.24, 2.45) is 11.8 Å². The summed E-state index contributed by atoms with van der Waals surface area (Å²) in [7, 11) is 0. The van der Waals surface area contributed by atoms with Crippen molar-refractivity contribution in [1.82, 2.24) is 0 Å². The standard InChI is InChI=1S/C12H16O.C11H16.I3.I2/c1-9(2)6-11-4-5-12(8-13)10(3)7-11;1-9(2)7-11-6-4-5-10(3)8-11;1-3-2;1-2/h4-5,7-9H,6H2,1-3H3;4-6,8-9H,7H2,1-3H3;;/q;;-1;. The monoisotopic (exact) mass is 959 g/mol. The van der Waals surface area contributed by atoms with Gasteiger partial charge in [0.05, 0.1) is 0 Å². The summed E-state index contributed by atoms with van der Waals surface area (Å²) in [4.78, 5) is 10.6. The van der Waals surface area contributed by atoms with Gasteiger partial charge in [-0.25, -0.2) is 0 Å². The van der Waals surface area contributed by atoms with E-state index in [9.17, 15) is 4.79 Å². The quantitative estimate of drug-likeness (QED) is 0.240. The molecule has 0 heterocycles. The minimum atomic E-state index is 0.530. The predicted octanol–water partition coefficient (Wildman–Crippen LogP) is 6.75. The van der Waals surface area contributed by atoms with Gasteiger partial charge in [0.1, 0.15) is 6.29 Å². The van der Waals surface area contributed by atoms with Crippen LogP contribution in [0.25, 0.3) is 0 Å². The van der Waals surface area contributed by atoms with E-state index in [1.807, 2.05) is 19.1 Å². The Hall–Kier alpha value is 1.76. The zero-order chi connectivity index (χ0) is 22.8. The third-order valence-corrected chi connectivity index (χ3v) is 3.83. The number of aryl methyl sites for hydroxylation is 2. The second-order valence-electron chi connectivity index (χ2n) is 7.55. The van der Waals surface area contributed by atoms with Crippen molar-refractivity contribution in [3.05, 3.63) is 70.3 Å². The van der Waals surface area contributed by atoms with Crippen LogP contribution < -0.4 is 13.3 Å². The molecule has 2 aromatic rings. The summed E-state index contributed by atoms with van der Waals surface area (Å²) in [5.41, 5.74) is 6.02. The predicted molar refractivity (Wildman–Crippen MR) is 161 cm³/mol. The van der Waals surface area contributed by atoms with Crippen molar-refractivity contribution < 1.29 is 18.0 Å². The van der Waals surface area contributed by atoms with Crippen LogP contribution in [0.4, 0.5) is 0 Å². The SMILES string of the molecule is Cc1cc(CC(C)C)ccc1C=O.Cc1cccc(CC(C)C)c1.II.I[I-]I. The Morgan fingerprint density at radius 3 is 1.72 bits per heavy atom. The summed E-state index contributed by atoms with van der Waals surface area (Å²) in [5.74, 6) is 1.43. The van der Waals surface area contributed by atoms with Crippen LogP contribution in [-0.2, 0) is 12.8 Å². The third-order valence-electron chi connectivity index (χ3n) is 3.83. The van der Waals surface area contributed by atoms with Gasteiger partial charge in [0.2, 0.25) is 0 Å². The Morgan fingerprint density at radius 2 is 1.34 bits per heavy atom. The van der Waals surface area contributed by atoms with E-state index in [0.717, 1.165) is 29.8 Å². The summed E-state index contributed by atoms with van der Waals surface area (Å²) >= 11 is 9.54. The van der Waals surface area contributed by atoms with Gasteiger partial charge in [-0.3, -0.25) is 4.79 Å². The molecule has 0 bridgehead atoms. The van der Waals surface area contributed by atoms with Crippen LogP contribution in [-0.4, -0.2) is 6.29 Å². The van der Waals surface area contributed by atoms with Crippen molar-refractivity contribution in [3.63, 3.8) is 0 Å². The van der Waals surface area contributed by atoms with E-state index in [2.05, 4.69) is 139 Å². The molecule has 2 rings (SSSR count). The van der Waals surface area contributed by atoms with Gasteiger partial charge < -0.3 is 0 Å². The fourth-order valence-electron chi connectivity index (χ4n) is 2.78. The average molecular weight is 959 g/mol.